The molecule has 3 rings (SSSR count). The molecular weight excluding hydrogens is 340 g/mol. The topological polar surface area (TPSA) is 49.9 Å². The van der Waals surface area contributed by atoms with Crippen molar-refractivity contribution in [3.05, 3.63) is 35.9 Å². The summed E-state index contributed by atoms with van der Waals surface area (Å²) in [5.74, 6) is 0.624. The molecule has 2 fully saturated rings. The van der Waals surface area contributed by atoms with E-state index in [9.17, 15) is 9.59 Å². The zero-order valence-corrected chi connectivity index (χ0v) is 16.6. The molecule has 0 spiro atoms. The van der Waals surface area contributed by atoms with Crippen LogP contribution in [0.1, 0.15) is 45.1 Å². The fraction of sp³-hybridized carbons (Fsp3) is 0.636. The molecule has 0 bridgehead atoms. The second-order valence-electron chi connectivity index (χ2n) is 8.03. The Bertz CT molecular complexity index is 618. The molecule has 1 saturated heterocycles. The second-order valence-corrected chi connectivity index (χ2v) is 8.03. The van der Waals surface area contributed by atoms with Crippen LogP contribution in [0.5, 0.6) is 0 Å². The maximum absolute atomic E-state index is 13.1. The van der Waals surface area contributed by atoms with Gasteiger partial charge in [0.25, 0.3) is 0 Å². The lowest BCUT2D eigenvalue weighted by Crippen LogP contribution is -2.46. The summed E-state index contributed by atoms with van der Waals surface area (Å²) in [5.41, 5.74) is 1.16. The van der Waals surface area contributed by atoms with Crippen LogP contribution in [0.15, 0.2) is 30.3 Å². The van der Waals surface area contributed by atoms with Crippen LogP contribution >= 0.6 is 0 Å². The molecule has 1 aliphatic carbocycles. The molecule has 2 aliphatic rings. The van der Waals surface area contributed by atoms with E-state index < -0.39 is 0 Å². The average molecular weight is 373 g/mol. The number of benzene rings is 1. The third-order valence-corrected chi connectivity index (χ3v) is 5.85. The maximum atomic E-state index is 13.1. The smallest absolute Gasteiger partial charge is 0.226 e. The predicted octanol–water partition coefficient (Wildman–Crippen LogP) is 3.09. The van der Waals surface area contributed by atoms with Crippen molar-refractivity contribution in [3.63, 3.8) is 0 Å². The van der Waals surface area contributed by atoms with E-state index in [2.05, 4.69) is 26.0 Å². The average Bonchev–Trinajstić information content (AvgIpc) is 2.72. The van der Waals surface area contributed by atoms with E-state index in [0.29, 0.717) is 32.8 Å². The first kappa shape index (κ1) is 19.9. The van der Waals surface area contributed by atoms with Crippen LogP contribution in [-0.4, -0.2) is 54.0 Å². The Labute approximate surface area is 162 Å². The molecule has 0 N–H and O–H groups in total. The maximum Gasteiger partial charge on any atom is 0.226 e. The monoisotopic (exact) mass is 372 g/mol. The van der Waals surface area contributed by atoms with E-state index in [1.54, 1.807) is 0 Å². The first-order valence-corrected chi connectivity index (χ1v) is 10.3. The Balaban J connectivity index is 1.55. The minimum Gasteiger partial charge on any atom is -0.378 e. The van der Waals surface area contributed by atoms with E-state index in [4.69, 9.17) is 4.74 Å². The van der Waals surface area contributed by atoms with Crippen molar-refractivity contribution >= 4 is 11.8 Å². The molecule has 0 aromatic heterocycles. The van der Waals surface area contributed by atoms with E-state index >= 15 is 0 Å². The van der Waals surface area contributed by atoms with Crippen molar-refractivity contribution in [2.24, 2.45) is 11.8 Å². The van der Waals surface area contributed by atoms with Crippen molar-refractivity contribution in [2.75, 3.05) is 26.3 Å². The summed E-state index contributed by atoms with van der Waals surface area (Å²) in [6.45, 7) is 7.50. The number of amides is 2. The number of hydrogen-bond donors (Lipinski definition) is 0. The zero-order chi connectivity index (χ0) is 19.2. The molecule has 0 radical (unpaired) electrons. The van der Waals surface area contributed by atoms with Gasteiger partial charge in [0.1, 0.15) is 0 Å². The summed E-state index contributed by atoms with van der Waals surface area (Å²) in [6.07, 6.45) is 3.28. The zero-order valence-electron chi connectivity index (χ0n) is 16.6. The van der Waals surface area contributed by atoms with Crippen LogP contribution < -0.4 is 0 Å². The van der Waals surface area contributed by atoms with Crippen molar-refractivity contribution in [1.29, 1.82) is 0 Å². The summed E-state index contributed by atoms with van der Waals surface area (Å²) in [6, 6.07) is 10.3. The van der Waals surface area contributed by atoms with Gasteiger partial charge in [0.15, 0.2) is 0 Å². The largest absolute Gasteiger partial charge is 0.378 e. The standard InChI is InChI=1S/C22H32N2O3/c1-17(2)24(16-18-6-4-3-5-7-18)22(26)20-10-8-19(9-11-20)21(25)23-12-14-27-15-13-23/h3-7,17,19-20H,8-16H2,1-2H3. The lowest BCUT2D eigenvalue weighted by atomic mass is 9.80. The van der Waals surface area contributed by atoms with Gasteiger partial charge in [0.05, 0.1) is 13.2 Å². The minimum absolute atomic E-state index is 0.0462. The number of morpholine rings is 1. The Morgan fingerprint density at radius 1 is 1.04 bits per heavy atom. The molecule has 27 heavy (non-hydrogen) atoms. The molecule has 0 unspecified atom stereocenters. The van der Waals surface area contributed by atoms with Crippen LogP contribution in [0, 0.1) is 11.8 Å². The van der Waals surface area contributed by atoms with Gasteiger partial charge in [0, 0.05) is 37.5 Å². The Morgan fingerprint density at radius 3 is 2.22 bits per heavy atom. The molecule has 5 nitrogen and oxygen atoms in total. The van der Waals surface area contributed by atoms with Gasteiger partial charge in [0.2, 0.25) is 11.8 Å². The molecule has 2 amide bonds. The van der Waals surface area contributed by atoms with Gasteiger partial charge in [-0.15, -0.1) is 0 Å². The highest BCUT2D eigenvalue weighted by Crippen LogP contribution is 2.32. The molecule has 1 saturated carbocycles. The predicted molar refractivity (Wildman–Crippen MR) is 105 cm³/mol. The summed E-state index contributed by atoms with van der Waals surface area (Å²) in [5, 5.41) is 0. The molecule has 1 aliphatic heterocycles. The molecule has 148 valence electrons. The van der Waals surface area contributed by atoms with Crippen LogP contribution in [0.2, 0.25) is 0 Å². The highest BCUT2D eigenvalue weighted by Gasteiger charge is 2.34. The Morgan fingerprint density at radius 2 is 1.63 bits per heavy atom. The number of carbonyl (C=O) groups excluding carboxylic acids is 2. The van der Waals surface area contributed by atoms with Crippen molar-refractivity contribution in [1.82, 2.24) is 9.80 Å². The second kappa shape index (κ2) is 9.36. The van der Waals surface area contributed by atoms with Crippen molar-refractivity contribution < 1.29 is 14.3 Å². The van der Waals surface area contributed by atoms with Gasteiger partial charge in [-0.25, -0.2) is 0 Å². The van der Waals surface area contributed by atoms with Crippen LogP contribution in [-0.2, 0) is 20.9 Å². The lowest BCUT2D eigenvalue weighted by Gasteiger charge is -2.36. The van der Waals surface area contributed by atoms with Crippen LogP contribution in [0.3, 0.4) is 0 Å². The van der Waals surface area contributed by atoms with Crippen LogP contribution in [0.25, 0.3) is 0 Å². The summed E-state index contributed by atoms with van der Waals surface area (Å²) >= 11 is 0. The molecular formula is C22H32N2O3. The quantitative estimate of drug-likeness (QED) is 0.798. The number of ether oxygens (including phenoxy) is 1. The molecule has 1 aromatic carbocycles. The number of carbonyl (C=O) groups is 2. The van der Waals surface area contributed by atoms with E-state index in [0.717, 1.165) is 31.2 Å². The summed E-state index contributed by atoms with van der Waals surface area (Å²) < 4.78 is 5.34. The van der Waals surface area contributed by atoms with E-state index in [1.165, 1.54) is 0 Å². The van der Waals surface area contributed by atoms with E-state index in [-0.39, 0.29) is 29.7 Å². The number of hydrogen-bond acceptors (Lipinski definition) is 3. The Hall–Kier alpha value is -1.88. The first-order chi connectivity index (χ1) is 13.1. The fourth-order valence-electron chi connectivity index (χ4n) is 4.16. The van der Waals surface area contributed by atoms with Crippen molar-refractivity contribution in [3.8, 4) is 0 Å². The molecule has 5 heteroatoms. The van der Waals surface area contributed by atoms with Gasteiger partial charge in [-0.2, -0.15) is 0 Å². The van der Waals surface area contributed by atoms with Gasteiger partial charge >= 0.3 is 0 Å². The number of rotatable bonds is 5. The van der Waals surface area contributed by atoms with Gasteiger partial charge in [-0.05, 0) is 45.1 Å². The molecule has 1 heterocycles. The summed E-state index contributed by atoms with van der Waals surface area (Å²) in [7, 11) is 0. The highest BCUT2D eigenvalue weighted by atomic mass is 16.5. The Kier molecular flexibility index (Phi) is 6.89. The van der Waals surface area contributed by atoms with Crippen LogP contribution in [0.4, 0.5) is 0 Å². The third kappa shape index (κ3) is 5.10. The SMILES string of the molecule is CC(C)N(Cc1ccccc1)C(=O)C1CCC(C(=O)N2CCOCC2)CC1. The minimum atomic E-state index is 0.0462. The van der Waals surface area contributed by atoms with Gasteiger partial charge < -0.3 is 14.5 Å². The van der Waals surface area contributed by atoms with Gasteiger partial charge in [-0.1, -0.05) is 30.3 Å². The van der Waals surface area contributed by atoms with Crippen molar-refractivity contribution in [2.45, 2.75) is 52.1 Å². The third-order valence-electron chi connectivity index (χ3n) is 5.85. The lowest BCUT2D eigenvalue weighted by molar-refractivity contribution is -0.144. The molecule has 1 aromatic rings. The van der Waals surface area contributed by atoms with E-state index in [1.807, 2.05) is 28.0 Å². The fourth-order valence-corrected chi connectivity index (χ4v) is 4.16. The highest BCUT2D eigenvalue weighted by molar-refractivity contribution is 5.81. The van der Waals surface area contributed by atoms with Gasteiger partial charge in [-0.3, -0.25) is 9.59 Å². The first-order valence-electron chi connectivity index (χ1n) is 10.3. The number of nitrogens with zero attached hydrogens (tertiary/aromatic N) is 2. The summed E-state index contributed by atoms with van der Waals surface area (Å²) in [4.78, 5) is 29.8. The molecule has 0 atom stereocenters. The normalized spacial score (nSPS) is 23.3.